The van der Waals surface area contributed by atoms with Gasteiger partial charge in [0.05, 0.1) is 21.7 Å². The van der Waals surface area contributed by atoms with Crippen LogP contribution in [0.3, 0.4) is 0 Å². The summed E-state index contributed by atoms with van der Waals surface area (Å²) in [6, 6.07) is 12.3. The van der Waals surface area contributed by atoms with E-state index in [0.29, 0.717) is 26.1 Å². The minimum Gasteiger partial charge on any atom is -0.331 e. The van der Waals surface area contributed by atoms with Crippen molar-refractivity contribution in [3.8, 4) is 0 Å². The molecule has 2 amide bonds. The van der Waals surface area contributed by atoms with Crippen molar-refractivity contribution in [2.24, 2.45) is 0 Å². The first kappa shape index (κ1) is 20.7. The number of para-hydroxylation sites is 1. The van der Waals surface area contributed by atoms with E-state index < -0.39 is 15.8 Å². The summed E-state index contributed by atoms with van der Waals surface area (Å²) in [5.74, 6) is -0.485. The number of sulfonamides is 1. The van der Waals surface area contributed by atoms with Crippen molar-refractivity contribution in [2.75, 3.05) is 26.2 Å². The van der Waals surface area contributed by atoms with Gasteiger partial charge in [0.25, 0.3) is 0 Å². The van der Waals surface area contributed by atoms with E-state index in [1.54, 1.807) is 4.90 Å². The Balaban J connectivity index is 1.36. The summed E-state index contributed by atoms with van der Waals surface area (Å²) in [4.78, 5) is 18.8. The third-order valence-electron chi connectivity index (χ3n) is 4.92. The molecule has 1 aliphatic rings. The van der Waals surface area contributed by atoms with Crippen LogP contribution in [0.5, 0.6) is 0 Å². The summed E-state index contributed by atoms with van der Waals surface area (Å²) in [5.41, 5.74) is 0.906. The first-order valence-electron chi connectivity index (χ1n) is 9.56. The maximum absolute atomic E-state index is 13.1. The number of urea groups is 1. The lowest BCUT2D eigenvalue weighted by Gasteiger charge is -2.22. The van der Waals surface area contributed by atoms with Crippen LogP contribution in [-0.4, -0.2) is 54.8 Å². The maximum Gasteiger partial charge on any atom is 0.317 e. The number of carbonyl (C=O) groups is 1. The number of fused-ring (bicyclic) bond motifs is 1. The Hall–Kier alpha value is -2.56. The van der Waals surface area contributed by atoms with Gasteiger partial charge in [-0.05, 0) is 42.8 Å². The quantitative estimate of drug-likeness (QED) is 0.665. The summed E-state index contributed by atoms with van der Waals surface area (Å²) in [6.07, 6.45) is 0.523. The minimum atomic E-state index is -3.72. The molecule has 30 heavy (non-hydrogen) atoms. The van der Waals surface area contributed by atoms with Crippen molar-refractivity contribution in [3.05, 3.63) is 59.4 Å². The van der Waals surface area contributed by atoms with Crippen LogP contribution < -0.4 is 5.32 Å². The molecular weight excluding hydrogens is 427 g/mol. The van der Waals surface area contributed by atoms with Gasteiger partial charge in [0.2, 0.25) is 10.0 Å². The SMILES string of the molecule is O=C(NCc1nc2ccccc2s1)N1CCCN(S(=O)(=O)c2ccc(F)cc2)CC1. The van der Waals surface area contributed by atoms with Crippen LogP contribution in [-0.2, 0) is 16.6 Å². The van der Waals surface area contributed by atoms with E-state index >= 15 is 0 Å². The third kappa shape index (κ3) is 4.45. The van der Waals surface area contributed by atoms with E-state index in [-0.39, 0.29) is 24.0 Å². The van der Waals surface area contributed by atoms with Gasteiger partial charge in [-0.25, -0.2) is 22.6 Å². The average Bonchev–Trinajstić information content (AvgIpc) is 2.98. The molecule has 158 valence electrons. The molecule has 7 nitrogen and oxygen atoms in total. The van der Waals surface area contributed by atoms with Crippen molar-refractivity contribution in [1.82, 2.24) is 19.5 Å². The van der Waals surface area contributed by atoms with Gasteiger partial charge in [-0.3, -0.25) is 0 Å². The third-order valence-corrected chi connectivity index (χ3v) is 7.87. The lowest BCUT2D eigenvalue weighted by molar-refractivity contribution is 0.200. The molecule has 4 rings (SSSR count). The second-order valence-corrected chi connectivity index (χ2v) is 9.99. The number of hydrogen-bond donors (Lipinski definition) is 1. The molecule has 0 atom stereocenters. The van der Waals surface area contributed by atoms with E-state index in [1.165, 1.54) is 27.8 Å². The molecule has 0 bridgehead atoms. The molecule has 1 N–H and O–H groups in total. The monoisotopic (exact) mass is 448 g/mol. The zero-order valence-electron chi connectivity index (χ0n) is 16.1. The highest BCUT2D eigenvalue weighted by molar-refractivity contribution is 7.89. The van der Waals surface area contributed by atoms with Gasteiger partial charge in [0, 0.05) is 26.2 Å². The number of thiazole rings is 1. The smallest absolute Gasteiger partial charge is 0.317 e. The molecule has 1 aliphatic heterocycles. The highest BCUT2D eigenvalue weighted by Crippen LogP contribution is 2.21. The second-order valence-electron chi connectivity index (χ2n) is 6.93. The predicted molar refractivity (Wildman–Crippen MR) is 113 cm³/mol. The number of carbonyl (C=O) groups excluding carboxylic acids is 1. The normalized spacial score (nSPS) is 15.8. The molecule has 3 aromatic rings. The first-order valence-corrected chi connectivity index (χ1v) is 11.8. The summed E-state index contributed by atoms with van der Waals surface area (Å²) in [7, 11) is -3.72. The molecule has 0 unspecified atom stereocenters. The Morgan fingerprint density at radius 3 is 2.60 bits per heavy atom. The zero-order valence-corrected chi connectivity index (χ0v) is 17.8. The van der Waals surface area contributed by atoms with Crippen molar-refractivity contribution in [3.63, 3.8) is 0 Å². The largest absolute Gasteiger partial charge is 0.331 e. The number of nitrogens with zero attached hydrogens (tertiary/aromatic N) is 3. The van der Waals surface area contributed by atoms with Crippen LogP contribution >= 0.6 is 11.3 Å². The van der Waals surface area contributed by atoms with Crippen molar-refractivity contribution >= 4 is 37.6 Å². The van der Waals surface area contributed by atoms with E-state index in [2.05, 4.69) is 10.3 Å². The molecule has 0 saturated carbocycles. The molecule has 2 aromatic carbocycles. The summed E-state index contributed by atoms with van der Waals surface area (Å²) in [5, 5.41) is 3.69. The Labute approximate surface area is 178 Å². The molecule has 1 fully saturated rings. The topological polar surface area (TPSA) is 82.6 Å². The fraction of sp³-hybridized carbons (Fsp3) is 0.300. The lowest BCUT2D eigenvalue weighted by atomic mass is 10.3. The highest BCUT2D eigenvalue weighted by atomic mass is 32.2. The van der Waals surface area contributed by atoms with Crippen molar-refractivity contribution < 1.29 is 17.6 Å². The molecule has 1 saturated heterocycles. The second kappa shape index (κ2) is 8.66. The molecular formula is C20H21FN4O3S2. The van der Waals surface area contributed by atoms with Crippen LogP contribution in [0.2, 0.25) is 0 Å². The molecule has 10 heteroatoms. The molecule has 0 spiro atoms. The number of amides is 2. The fourth-order valence-electron chi connectivity index (χ4n) is 3.35. The molecule has 0 radical (unpaired) electrons. The van der Waals surface area contributed by atoms with Gasteiger partial charge in [-0.1, -0.05) is 12.1 Å². The first-order chi connectivity index (χ1) is 14.4. The van der Waals surface area contributed by atoms with Crippen LogP contribution in [0, 0.1) is 5.82 Å². The van der Waals surface area contributed by atoms with Crippen LogP contribution in [0.25, 0.3) is 10.2 Å². The number of benzene rings is 2. The number of nitrogens with one attached hydrogen (secondary N) is 1. The van der Waals surface area contributed by atoms with Gasteiger partial charge < -0.3 is 10.2 Å². The Morgan fingerprint density at radius 2 is 1.83 bits per heavy atom. The summed E-state index contributed by atoms with van der Waals surface area (Å²) in [6.45, 7) is 1.56. The Kier molecular flexibility index (Phi) is 5.98. The average molecular weight is 449 g/mol. The maximum atomic E-state index is 13.1. The highest BCUT2D eigenvalue weighted by Gasteiger charge is 2.28. The van der Waals surface area contributed by atoms with E-state index in [9.17, 15) is 17.6 Å². The van der Waals surface area contributed by atoms with E-state index in [1.807, 2.05) is 24.3 Å². The van der Waals surface area contributed by atoms with Crippen molar-refractivity contribution in [2.45, 2.75) is 17.9 Å². The number of aromatic nitrogens is 1. The molecule has 1 aromatic heterocycles. The van der Waals surface area contributed by atoms with Crippen LogP contribution in [0.15, 0.2) is 53.4 Å². The van der Waals surface area contributed by atoms with Gasteiger partial charge >= 0.3 is 6.03 Å². The van der Waals surface area contributed by atoms with Crippen molar-refractivity contribution in [1.29, 1.82) is 0 Å². The standard InChI is InChI=1S/C20H21FN4O3S2/c21-15-6-8-16(9-7-15)30(27,28)25-11-3-10-24(12-13-25)20(26)22-14-19-23-17-4-1-2-5-18(17)29-19/h1-2,4-9H,3,10-14H2,(H,22,26). The van der Waals surface area contributed by atoms with Crippen LogP contribution in [0.1, 0.15) is 11.4 Å². The van der Waals surface area contributed by atoms with E-state index in [0.717, 1.165) is 27.4 Å². The fourth-order valence-corrected chi connectivity index (χ4v) is 5.73. The molecule has 0 aliphatic carbocycles. The summed E-state index contributed by atoms with van der Waals surface area (Å²) >= 11 is 1.53. The minimum absolute atomic E-state index is 0.0534. The number of rotatable bonds is 4. The van der Waals surface area contributed by atoms with Gasteiger partial charge in [0.1, 0.15) is 10.8 Å². The summed E-state index contributed by atoms with van der Waals surface area (Å²) < 4.78 is 41.1. The molecule has 2 heterocycles. The zero-order chi connectivity index (χ0) is 21.1. The van der Waals surface area contributed by atoms with Gasteiger partial charge in [-0.2, -0.15) is 4.31 Å². The number of halogens is 1. The van der Waals surface area contributed by atoms with Crippen LogP contribution in [0.4, 0.5) is 9.18 Å². The predicted octanol–water partition coefficient (Wildman–Crippen LogP) is 3.04. The van der Waals surface area contributed by atoms with Gasteiger partial charge in [0.15, 0.2) is 0 Å². The van der Waals surface area contributed by atoms with E-state index in [4.69, 9.17) is 0 Å². The Bertz CT molecular complexity index is 1120. The van der Waals surface area contributed by atoms with Gasteiger partial charge in [-0.15, -0.1) is 11.3 Å². The number of hydrogen-bond acceptors (Lipinski definition) is 5. The Morgan fingerprint density at radius 1 is 1.07 bits per heavy atom. The lowest BCUT2D eigenvalue weighted by Crippen LogP contribution is -2.42.